The van der Waals surface area contributed by atoms with Gasteiger partial charge >= 0.3 is 0 Å². The molecule has 0 bridgehead atoms. The number of halogens is 1. The molecular weight excluding hydrogens is 418 g/mol. The number of carbonyl (C=O) groups is 1. The van der Waals surface area contributed by atoms with Crippen molar-refractivity contribution in [2.24, 2.45) is 0 Å². The van der Waals surface area contributed by atoms with Gasteiger partial charge in [0.1, 0.15) is 0 Å². The third-order valence-corrected chi connectivity index (χ3v) is 6.63. The van der Waals surface area contributed by atoms with Crippen LogP contribution >= 0.6 is 35.1 Å². The van der Waals surface area contributed by atoms with Crippen LogP contribution in [0.3, 0.4) is 0 Å². The summed E-state index contributed by atoms with van der Waals surface area (Å²) in [6.45, 7) is 0.652. The number of thioether (sulfide) groups is 2. The van der Waals surface area contributed by atoms with Gasteiger partial charge in [-0.25, -0.2) is 0 Å². The first-order valence-electron chi connectivity index (χ1n) is 9.52. The van der Waals surface area contributed by atoms with Gasteiger partial charge in [-0.3, -0.25) is 4.79 Å². The van der Waals surface area contributed by atoms with Crippen molar-refractivity contribution < 1.29 is 4.79 Å². The summed E-state index contributed by atoms with van der Waals surface area (Å²) < 4.78 is 0. The molecule has 150 valence electrons. The molecule has 0 aliphatic carbocycles. The lowest BCUT2D eigenvalue weighted by Gasteiger charge is -2.07. The van der Waals surface area contributed by atoms with Crippen LogP contribution in [0.2, 0.25) is 5.02 Å². The summed E-state index contributed by atoms with van der Waals surface area (Å²) in [4.78, 5) is 12.3. The summed E-state index contributed by atoms with van der Waals surface area (Å²) in [7, 11) is 0. The maximum Gasteiger partial charge on any atom is 0.251 e. The van der Waals surface area contributed by atoms with Crippen LogP contribution in [0.1, 0.15) is 27.0 Å². The van der Waals surface area contributed by atoms with Crippen molar-refractivity contribution in [3.63, 3.8) is 0 Å². The number of benzene rings is 3. The SMILES string of the molecule is O=C(NCCSCc1cccc(Cl)c1)c1ccc(CSCc2ccccc2)cc1. The van der Waals surface area contributed by atoms with Crippen LogP contribution < -0.4 is 5.32 Å². The molecule has 1 amide bonds. The van der Waals surface area contributed by atoms with Crippen molar-refractivity contribution in [2.45, 2.75) is 17.3 Å². The molecule has 0 fully saturated rings. The molecule has 0 unspecified atom stereocenters. The number of rotatable bonds is 10. The third kappa shape index (κ3) is 7.81. The number of carbonyl (C=O) groups excluding carboxylic acids is 1. The lowest BCUT2D eigenvalue weighted by molar-refractivity contribution is 0.0956. The van der Waals surface area contributed by atoms with Crippen LogP contribution in [0, 0.1) is 0 Å². The quantitative estimate of drug-likeness (QED) is 0.367. The monoisotopic (exact) mass is 441 g/mol. The fraction of sp³-hybridized carbons (Fsp3) is 0.208. The molecule has 2 nitrogen and oxygen atoms in total. The Morgan fingerprint density at radius 3 is 2.14 bits per heavy atom. The van der Waals surface area contributed by atoms with Crippen molar-refractivity contribution >= 4 is 41.0 Å². The van der Waals surface area contributed by atoms with Gasteiger partial charge in [-0.05, 0) is 41.0 Å². The lowest BCUT2D eigenvalue weighted by Crippen LogP contribution is -2.25. The second-order valence-corrected chi connectivity index (χ2v) is 9.14. The van der Waals surface area contributed by atoms with Gasteiger partial charge in [-0.15, -0.1) is 0 Å². The van der Waals surface area contributed by atoms with E-state index in [1.165, 1.54) is 16.7 Å². The Morgan fingerprint density at radius 1 is 0.759 bits per heavy atom. The Morgan fingerprint density at radius 2 is 1.41 bits per heavy atom. The predicted octanol–water partition coefficient (Wildman–Crippen LogP) is 6.44. The molecule has 0 spiro atoms. The number of nitrogens with one attached hydrogen (secondary N) is 1. The van der Waals surface area contributed by atoms with E-state index in [1.807, 2.05) is 60.3 Å². The van der Waals surface area contributed by atoms with Crippen molar-refractivity contribution in [1.82, 2.24) is 5.32 Å². The number of amides is 1. The van der Waals surface area contributed by atoms with E-state index in [2.05, 4.69) is 35.6 Å². The van der Waals surface area contributed by atoms with E-state index in [1.54, 1.807) is 11.8 Å². The van der Waals surface area contributed by atoms with E-state index in [4.69, 9.17) is 11.6 Å². The van der Waals surface area contributed by atoms with E-state index in [9.17, 15) is 4.79 Å². The molecule has 0 radical (unpaired) electrons. The summed E-state index contributed by atoms with van der Waals surface area (Å²) in [6, 6.07) is 26.3. The van der Waals surface area contributed by atoms with Gasteiger partial charge in [-0.2, -0.15) is 23.5 Å². The Hall–Kier alpha value is -1.88. The number of hydrogen-bond acceptors (Lipinski definition) is 3. The Bertz CT molecular complexity index is 900. The van der Waals surface area contributed by atoms with E-state index in [0.717, 1.165) is 28.0 Å². The first kappa shape index (κ1) is 21.8. The maximum atomic E-state index is 12.3. The van der Waals surface area contributed by atoms with Crippen LogP contribution in [-0.2, 0) is 17.3 Å². The second-order valence-electron chi connectivity index (χ2n) is 6.61. The van der Waals surface area contributed by atoms with Crippen molar-refractivity contribution in [1.29, 1.82) is 0 Å². The molecule has 0 aromatic heterocycles. The fourth-order valence-corrected chi connectivity index (χ4v) is 4.75. The Labute approximate surface area is 186 Å². The first-order valence-corrected chi connectivity index (χ1v) is 12.2. The van der Waals surface area contributed by atoms with Gasteiger partial charge < -0.3 is 5.32 Å². The molecular formula is C24H24ClNOS2. The zero-order valence-corrected chi connectivity index (χ0v) is 18.5. The normalized spacial score (nSPS) is 10.7. The highest BCUT2D eigenvalue weighted by Crippen LogP contribution is 2.18. The van der Waals surface area contributed by atoms with Crippen LogP contribution in [0.25, 0.3) is 0 Å². The third-order valence-electron chi connectivity index (χ3n) is 4.29. The molecule has 0 aliphatic heterocycles. The molecule has 29 heavy (non-hydrogen) atoms. The van der Waals surface area contributed by atoms with Crippen LogP contribution in [-0.4, -0.2) is 18.2 Å². The van der Waals surface area contributed by atoms with Crippen molar-refractivity contribution in [3.05, 3.63) is 106 Å². The molecule has 0 aliphatic rings. The topological polar surface area (TPSA) is 29.1 Å². The van der Waals surface area contributed by atoms with E-state index in [0.29, 0.717) is 12.1 Å². The summed E-state index contributed by atoms with van der Waals surface area (Å²) in [5.41, 5.74) is 4.48. The van der Waals surface area contributed by atoms with Crippen LogP contribution in [0.15, 0.2) is 78.9 Å². The van der Waals surface area contributed by atoms with Crippen LogP contribution in [0.5, 0.6) is 0 Å². The fourth-order valence-electron chi connectivity index (χ4n) is 2.77. The minimum Gasteiger partial charge on any atom is -0.351 e. The lowest BCUT2D eigenvalue weighted by atomic mass is 10.1. The molecule has 0 saturated heterocycles. The van der Waals surface area contributed by atoms with Gasteiger partial charge in [0.2, 0.25) is 0 Å². The average Bonchev–Trinajstić information content (AvgIpc) is 2.75. The standard InChI is InChI=1S/C24H24ClNOS2/c25-23-8-4-7-21(15-23)18-28-14-13-26-24(27)22-11-9-20(10-12-22)17-29-16-19-5-2-1-3-6-19/h1-12,15H,13-14,16-18H2,(H,26,27). The molecule has 0 heterocycles. The average molecular weight is 442 g/mol. The smallest absolute Gasteiger partial charge is 0.251 e. The summed E-state index contributed by atoms with van der Waals surface area (Å²) in [5, 5.41) is 3.75. The first-order chi connectivity index (χ1) is 14.2. The highest BCUT2D eigenvalue weighted by molar-refractivity contribution is 7.98. The maximum absolute atomic E-state index is 12.3. The minimum atomic E-state index is -0.0168. The van der Waals surface area contributed by atoms with Crippen LogP contribution in [0.4, 0.5) is 0 Å². The van der Waals surface area contributed by atoms with Gasteiger partial charge in [0.05, 0.1) is 0 Å². The largest absolute Gasteiger partial charge is 0.351 e. The highest BCUT2D eigenvalue weighted by Gasteiger charge is 2.05. The minimum absolute atomic E-state index is 0.0168. The highest BCUT2D eigenvalue weighted by atomic mass is 35.5. The van der Waals surface area contributed by atoms with Crippen molar-refractivity contribution in [2.75, 3.05) is 12.3 Å². The van der Waals surface area contributed by atoms with Gasteiger partial charge in [-0.1, -0.05) is 66.2 Å². The van der Waals surface area contributed by atoms with E-state index < -0.39 is 0 Å². The number of hydrogen-bond donors (Lipinski definition) is 1. The second kappa shape index (κ2) is 12.0. The summed E-state index contributed by atoms with van der Waals surface area (Å²) >= 11 is 9.66. The molecule has 0 atom stereocenters. The van der Waals surface area contributed by atoms with Crippen molar-refractivity contribution in [3.8, 4) is 0 Å². The summed E-state index contributed by atoms with van der Waals surface area (Å²) in [5.74, 6) is 3.68. The molecule has 3 rings (SSSR count). The molecule has 0 saturated carbocycles. The van der Waals surface area contributed by atoms with E-state index >= 15 is 0 Å². The zero-order chi connectivity index (χ0) is 20.3. The molecule has 1 N–H and O–H groups in total. The Kier molecular flexibility index (Phi) is 9.00. The van der Waals surface area contributed by atoms with Gasteiger partial charge in [0, 0.05) is 40.1 Å². The summed E-state index contributed by atoms with van der Waals surface area (Å²) in [6.07, 6.45) is 0. The molecule has 3 aromatic rings. The van der Waals surface area contributed by atoms with E-state index in [-0.39, 0.29) is 5.91 Å². The molecule has 3 aromatic carbocycles. The molecule has 5 heteroatoms. The van der Waals surface area contributed by atoms with Gasteiger partial charge in [0.25, 0.3) is 5.91 Å². The Balaban J connectivity index is 1.34. The van der Waals surface area contributed by atoms with Gasteiger partial charge in [0.15, 0.2) is 0 Å². The zero-order valence-electron chi connectivity index (χ0n) is 16.1. The predicted molar refractivity (Wildman–Crippen MR) is 128 cm³/mol.